The Morgan fingerprint density at radius 3 is 2.40 bits per heavy atom. The zero-order valence-corrected chi connectivity index (χ0v) is 19.2. The van der Waals surface area contributed by atoms with Crippen molar-refractivity contribution >= 4 is 38.3 Å². The summed E-state index contributed by atoms with van der Waals surface area (Å²) in [7, 11) is -0.500. The van der Waals surface area contributed by atoms with E-state index >= 15 is 0 Å². The average Bonchev–Trinajstić information content (AvgIpc) is 2.98. The number of alkyl halides is 3. The topological polar surface area (TPSA) is 56.9 Å². The molecule has 0 saturated carbocycles. The van der Waals surface area contributed by atoms with E-state index in [1.165, 1.54) is 18.2 Å². The number of nitrogens with zero attached hydrogens (tertiary/aromatic N) is 3. The highest BCUT2D eigenvalue weighted by molar-refractivity contribution is 9.10. The van der Waals surface area contributed by atoms with Crippen LogP contribution >= 0.6 is 27.5 Å². The van der Waals surface area contributed by atoms with Crippen LogP contribution in [-0.2, 0) is 24.0 Å². The molecular weight excluding hydrogens is 507 g/mol. The lowest BCUT2D eigenvalue weighted by Gasteiger charge is -2.14. The maximum absolute atomic E-state index is 13.0. The molecule has 5 nitrogen and oxygen atoms in total. The quantitative estimate of drug-likeness (QED) is 0.474. The van der Waals surface area contributed by atoms with Crippen LogP contribution in [-0.4, -0.2) is 18.6 Å². The van der Waals surface area contributed by atoms with Gasteiger partial charge >= 0.3 is 11.9 Å². The zero-order chi connectivity index (χ0) is 22.4. The molecule has 11 heteroatoms. The Morgan fingerprint density at radius 1 is 1.20 bits per heavy atom. The lowest BCUT2D eigenvalue weighted by Crippen LogP contribution is -2.23. The fourth-order valence-electron chi connectivity index (χ4n) is 2.87. The summed E-state index contributed by atoms with van der Waals surface area (Å²) in [5, 5.41) is 2.98. The second-order valence-corrected chi connectivity index (χ2v) is 9.67. The van der Waals surface area contributed by atoms with E-state index in [4.69, 9.17) is 11.6 Å². The van der Waals surface area contributed by atoms with Crippen LogP contribution in [0.5, 0.6) is 0 Å². The summed E-state index contributed by atoms with van der Waals surface area (Å²) in [4.78, 5) is 12.6. The van der Waals surface area contributed by atoms with E-state index in [0.717, 1.165) is 22.6 Å². The highest BCUT2D eigenvalue weighted by Gasteiger charge is 2.38. The van der Waals surface area contributed by atoms with Gasteiger partial charge < -0.3 is 0 Å². The highest BCUT2D eigenvalue weighted by atomic mass is 79.9. The monoisotopic (exact) mass is 521 g/mol. The Kier molecular flexibility index (Phi) is 6.31. The van der Waals surface area contributed by atoms with Crippen molar-refractivity contribution in [1.29, 1.82) is 0 Å². The standard InChI is InChI=1S/C19H16BrClF3N3O2S/c1-10-8-12(4-6-14(10)20)11(2)30(29)13-5-7-16(15(21)9-13)27-18(28)26(3)17(25-27)19(22,23)24/h4-9,11H,1-3H3. The van der Waals surface area contributed by atoms with Crippen molar-refractivity contribution in [2.45, 2.75) is 30.2 Å². The van der Waals surface area contributed by atoms with Crippen molar-refractivity contribution in [3.63, 3.8) is 0 Å². The molecule has 0 aliphatic rings. The van der Waals surface area contributed by atoms with E-state index in [1.807, 2.05) is 25.1 Å². The lowest BCUT2D eigenvalue weighted by atomic mass is 10.1. The molecule has 0 radical (unpaired) electrons. The van der Waals surface area contributed by atoms with E-state index in [0.29, 0.717) is 14.1 Å². The molecule has 2 unspecified atom stereocenters. The lowest BCUT2D eigenvalue weighted by molar-refractivity contribution is -0.147. The Labute approximate surface area is 186 Å². The minimum Gasteiger partial charge on any atom is -0.274 e. The molecule has 3 aromatic rings. The third-order valence-electron chi connectivity index (χ3n) is 4.59. The third kappa shape index (κ3) is 4.26. The first-order valence-corrected chi connectivity index (χ1v) is 11.0. The fourth-order valence-corrected chi connectivity index (χ4v) is 4.68. The SMILES string of the molecule is Cc1cc(C(C)S(=O)c2ccc(-n3nc(C(F)(F)F)n(C)c3=O)c(Cl)c2)ccc1Br. The summed E-state index contributed by atoms with van der Waals surface area (Å²) in [6, 6.07) is 9.85. The van der Waals surface area contributed by atoms with Crippen molar-refractivity contribution in [3.8, 4) is 5.69 Å². The van der Waals surface area contributed by atoms with Crippen LogP contribution < -0.4 is 5.69 Å². The molecule has 0 aliphatic heterocycles. The molecule has 0 amide bonds. The molecule has 1 heterocycles. The number of aromatic nitrogens is 3. The first-order chi connectivity index (χ1) is 13.9. The Bertz CT molecular complexity index is 1210. The predicted octanol–water partition coefficient (Wildman–Crippen LogP) is 5.18. The summed E-state index contributed by atoms with van der Waals surface area (Å²) in [6.07, 6.45) is -4.79. The van der Waals surface area contributed by atoms with Gasteiger partial charge in [-0.1, -0.05) is 39.7 Å². The number of hydrogen-bond donors (Lipinski definition) is 0. The van der Waals surface area contributed by atoms with Crippen molar-refractivity contribution in [3.05, 3.63) is 73.3 Å². The van der Waals surface area contributed by atoms with Crippen molar-refractivity contribution in [2.24, 2.45) is 7.05 Å². The average molecular weight is 523 g/mol. The minimum atomic E-state index is -4.79. The van der Waals surface area contributed by atoms with Crippen molar-refractivity contribution < 1.29 is 17.4 Å². The van der Waals surface area contributed by atoms with Gasteiger partial charge in [-0.2, -0.15) is 17.9 Å². The summed E-state index contributed by atoms with van der Waals surface area (Å²) in [6.45, 7) is 3.73. The van der Waals surface area contributed by atoms with E-state index in [1.54, 1.807) is 6.92 Å². The molecule has 160 valence electrons. The smallest absolute Gasteiger partial charge is 0.274 e. The molecule has 2 aromatic carbocycles. The summed E-state index contributed by atoms with van der Waals surface area (Å²) >= 11 is 9.65. The Balaban J connectivity index is 1.97. The molecule has 0 fully saturated rings. The van der Waals surface area contributed by atoms with Gasteiger partial charge in [-0.15, -0.1) is 5.10 Å². The van der Waals surface area contributed by atoms with Crippen LogP contribution in [0.3, 0.4) is 0 Å². The number of aryl methyl sites for hydroxylation is 1. The second-order valence-electron chi connectivity index (χ2n) is 6.64. The predicted molar refractivity (Wildman–Crippen MR) is 113 cm³/mol. The van der Waals surface area contributed by atoms with Crippen LogP contribution in [0.2, 0.25) is 5.02 Å². The normalized spacial score (nSPS) is 14.0. The molecule has 0 spiro atoms. The maximum atomic E-state index is 13.0. The van der Waals surface area contributed by atoms with Gasteiger partial charge in [0.15, 0.2) is 0 Å². The van der Waals surface area contributed by atoms with E-state index in [2.05, 4.69) is 21.0 Å². The van der Waals surface area contributed by atoms with Gasteiger partial charge in [-0.3, -0.25) is 8.78 Å². The van der Waals surface area contributed by atoms with Crippen LogP contribution in [0.1, 0.15) is 29.1 Å². The summed E-state index contributed by atoms with van der Waals surface area (Å²) < 4.78 is 54.0. The van der Waals surface area contributed by atoms with Gasteiger partial charge in [0.1, 0.15) is 0 Å². The Hall–Kier alpha value is -1.91. The summed E-state index contributed by atoms with van der Waals surface area (Å²) in [5.41, 5.74) is 0.849. The number of halogens is 5. The first kappa shape index (κ1) is 22.8. The van der Waals surface area contributed by atoms with Crippen LogP contribution in [0.15, 0.2) is 50.6 Å². The molecule has 3 rings (SSSR count). The van der Waals surface area contributed by atoms with E-state index < -0.39 is 28.5 Å². The highest BCUT2D eigenvalue weighted by Crippen LogP contribution is 2.31. The number of benzene rings is 2. The summed E-state index contributed by atoms with van der Waals surface area (Å²) in [5.74, 6) is -1.34. The molecule has 2 atom stereocenters. The molecular formula is C19H16BrClF3N3O2S. The third-order valence-corrected chi connectivity index (χ3v) is 7.41. The molecule has 0 aliphatic carbocycles. The molecule has 0 N–H and O–H groups in total. The van der Waals surface area contributed by atoms with Gasteiger partial charge in [-0.05, 0) is 49.2 Å². The first-order valence-electron chi connectivity index (χ1n) is 8.61. The zero-order valence-electron chi connectivity index (χ0n) is 16.0. The number of hydrogen-bond acceptors (Lipinski definition) is 3. The largest absolute Gasteiger partial charge is 0.451 e. The second kappa shape index (κ2) is 8.32. The molecule has 0 bridgehead atoms. The van der Waals surface area contributed by atoms with E-state index in [9.17, 15) is 22.2 Å². The van der Waals surface area contributed by atoms with Crippen LogP contribution in [0.25, 0.3) is 5.69 Å². The molecule has 30 heavy (non-hydrogen) atoms. The van der Waals surface area contributed by atoms with Crippen LogP contribution in [0.4, 0.5) is 13.2 Å². The van der Waals surface area contributed by atoms with Crippen molar-refractivity contribution in [1.82, 2.24) is 14.3 Å². The van der Waals surface area contributed by atoms with Gasteiger partial charge in [-0.25, -0.2) is 4.79 Å². The van der Waals surface area contributed by atoms with Gasteiger partial charge in [0.05, 0.1) is 26.8 Å². The van der Waals surface area contributed by atoms with Crippen LogP contribution in [0, 0.1) is 6.92 Å². The van der Waals surface area contributed by atoms with Gasteiger partial charge in [0, 0.05) is 16.4 Å². The molecule has 1 aromatic heterocycles. The maximum Gasteiger partial charge on any atom is 0.451 e. The Morgan fingerprint density at radius 2 is 1.87 bits per heavy atom. The molecule has 0 saturated heterocycles. The van der Waals surface area contributed by atoms with E-state index in [-0.39, 0.29) is 16.0 Å². The fraction of sp³-hybridized carbons (Fsp3) is 0.263. The van der Waals surface area contributed by atoms with Gasteiger partial charge in [0.2, 0.25) is 5.82 Å². The minimum absolute atomic E-state index is 0.0272. The number of rotatable bonds is 4. The van der Waals surface area contributed by atoms with Gasteiger partial charge in [0.25, 0.3) is 0 Å². The van der Waals surface area contributed by atoms with Crippen molar-refractivity contribution in [2.75, 3.05) is 0 Å².